The zero-order valence-electron chi connectivity index (χ0n) is 51.2. The lowest BCUT2D eigenvalue weighted by Gasteiger charge is -2.12. The number of nitrogens with zero attached hydrogens (tertiary/aromatic N) is 3. The number of amides is 6. The number of carbonyl (C=O) groups excluding carboxylic acids is 9. The Morgan fingerprint density at radius 2 is 0.528 bits per heavy atom. The highest BCUT2D eigenvalue weighted by Gasteiger charge is 2.33. The quantitative estimate of drug-likeness (QED) is 0.0620. The maximum absolute atomic E-state index is 11.9. The highest BCUT2D eigenvalue weighted by atomic mass is 16.7. The van der Waals surface area contributed by atoms with E-state index in [2.05, 4.69) is 0 Å². The van der Waals surface area contributed by atoms with E-state index in [-0.39, 0.29) is 107 Å². The van der Waals surface area contributed by atoms with Crippen molar-refractivity contribution in [1.82, 2.24) is 14.9 Å². The van der Waals surface area contributed by atoms with Gasteiger partial charge in [-0.3, -0.25) is 53.0 Å². The molecule has 0 radical (unpaired) electrons. The first kappa shape index (κ1) is 79.6. The van der Waals surface area contributed by atoms with Gasteiger partial charge in [0.25, 0.3) is 35.4 Å². The van der Waals surface area contributed by atoms with Crippen molar-refractivity contribution in [3.05, 3.63) is 24.3 Å². The standard InChI is InChI=1S/C31H48N2O15.C27H45NO13/c34-26(7-9-32-27(35)3-4-28(32)36)2-1-10-40-12-14-42-16-18-44-20-22-46-24-25-47-23-21-45-19-17-43-15-13-41-11-8-31(39)48-33-29(37)5-6-30(33)38;29-24(5-7-28-25(30)3-4-26(28)31)2-1-8-34-10-12-36-14-16-38-18-20-40-22-23-41-21-19-39-17-15-37-13-11-35-9-6-27(32)33/h3-4H,1-2,5-25H2;3-4H,1-2,5-23H2,(H,32,33). The van der Waals surface area contributed by atoms with Crippen molar-refractivity contribution in [3.63, 3.8) is 0 Å². The van der Waals surface area contributed by atoms with Gasteiger partial charge in [-0.2, -0.15) is 0 Å². The fourth-order valence-electron chi connectivity index (χ4n) is 7.17. The first-order chi connectivity index (χ1) is 43.4. The van der Waals surface area contributed by atoms with Crippen molar-refractivity contribution >= 4 is 58.9 Å². The minimum absolute atomic E-state index is 0.00787. The summed E-state index contributed by atoms with van der Waals surface area (Å²) in [6.45, 7) is 13.2. The molecule has 89 heavy (non-hydrogen) atoms. The molecule has 0 spiro atoms. The van der Waals surface area contributed by atoms with Gasteiger partial charge in [-0.15, -0.1) is 5.06 Å². The number of carboxylic acid groups (broad SMARTS) is 1. The van der Waals surface area contributed by atoms with Gasteiger partial charge in [0.2, 0.25) is 0 Å². The molecule has 0 saturated carbocycles. The topological polar surface area (TPSA) is 358 Å². The Bertz CT molecular complexity index is 1990. The largest absolute Gasteiger partial charge is 0.481 e. The average molecular weight is 1280 g/mol. The molecule has 6 amide bonds. The molecule has 3 rings (SSSR count). The molecule has 1 fully saturated rings. The third kappa shape index (κ3) is 46.3. The Hall–Kier alpha value is -5.46. The van der Waals surface area contributed by atoms with E-state index in [9.17, 15) is 47.9 Å². The summed E-state index contributed by atoms with van der Waals surface area (Å²) >= 11 is 0. The van der Waals surface area contributed by atoms with E-state index in [4.69, 9.17) is 85.7 Å². The lowest BCUT2D eigenvalue weighted by Crippen LogP contribution is -2.32. The molecule has 1 saturated heterocycles. The minimum Gasteiger partial charge on any atom is -0.481 e. The van der Waals surface area contributed by atoms with Crippen molar-refractivity contribution < 1.29 is 134 Å². The first-order valence-electron chi connectivity index (χ1n) is 30.0. The predicted octanol–water partition coefficient (Wildman–Crippen LogP) is 0.0392. The third-order valence-electron chi connectivity index (χ3n) is 11.8. The van der Waals surface area contributed by atoms with Gasteiger partial charge in [-0.05, 0) is 12.8 Å². The maximum atomic E-state index is 11.9. The summed E-state index contributed by atoms with van der Waals surface area (Å²) in [5.74, 6) is -4.15. The summed E-state index contributed by atoms with van der Waals surface area (Å²) < 4.78 is 86.1. The number of aliphatic carboxylic acids is 1. The number of hydroxylamine groups is 2. The molecule has 0 unspecified atom stereocenters. The average Bonchev–Trinajstić information content (AvgIpc) is 4.35. The number of carbonyl (C=O) groups is 10. The van der Waals surface area contributed by atoms with Crippen LogP contribution in [0.4, 0.5) is 0 Å². The van der Waals surface area contributed by atoms with Gasteiger partial charge in [-0.25, -0.2) is 4.79 Å². The van der Waals surface area contributed by atoms with Crippen molar-refractivity contribution in [1.29, 1.82) is 0 Å². The minimum atomic E-state index is -0.882. The van der Waals surface area contributed by atoms with Crippen LogP contribution in [0.1, 0.15) is 64.2 Å². The third-order valence-corrected chi connectivity index (χ3v) is 11.8. The SMILES string of the molecule is O=C(CCCOCCOCCOCCOCCOCCOCCOCCOCCC(=O)ON1C(=O)CCC1=O)CCN1C(=O)C=CC1=O.O=C(O)CCOCCOCCOCCOCCOCCOCCOCCOCCCC(=O)CCN1C(=O)C=CC1=O. The maximum Gasteiger partial charge on any atom is 0.335 e. The molecular formula is C58H93N3O28. The summed E-state index contributed by atoms with van der Waals surface area (Å²) in [5, 5.41) is 8.98. The number of carboxylic acids is 1. The summed E-state index contributed by atoms with van der Waals surface area (Å²) in [5.41, 5.74) is 0. The van der Waals surface area contributed by atoms with Gasteiger partial charge in [0.05, 0.1) is 211 Å². The number of imide groups is 3. The highest BCUT2D eigenvalue weighted by molar-refractivity contribution is 6.13. The van der Waals surface area contributed by atoms with Crippen molar-refractivity contribution in [3.8, 4) is 0 Å². The Balaban J connectivity index is 0.000000615. The number of rotatable bonds is 63. The number of Topliss-reactive ketones (excluding diaryl/α,β-unsaturated/α-hetero) is 2. The number of hydrogen-bond donors (Lipinski definition) is 1. The zero-order valence-corrected chi connectivity index (χ0v) is 51.2. The lowest BCUT2D eigenvalue weighted by atomic mass is 10.1. The van der Waals surface area contributed by atoms with Gasteiger partial charge in [0, 0.05) is 89.1 Å². The number of ketones is 2. The number of ether oxygens (including phenoxy) is 16. The first-order valence-corrected chi connectivity index (χ1v) is 30.0. The van der Waals surface area contributed by atoms with E-state index in [1.54, 1.807) is 0 Å². The summed E-state index contributed by atoms with van der Waals surface area (Å²) in [7, 11) is 0. The van der Waals surface area contributed by atoms with E-state index >= 15 is 0 Å². The second-order valence-electron chi connectivity index (χ2n) is 18.8. The fourth-order valence-corrected chi connectivity index (χ4v) is 7.17. The van der Waals surface area contributed by atoms with E-state index < -0.39 is 23.8 Å². The Kier molecular flexibility index (Phi) is 50.6. The monoisotopic (exact) mass is 1280 g/mol. The fraction of sp³-hybridized carbons (Fsp3) is 0.759. The lowest BCUT2D eigenvalue weighted by molar-refractivity contribution is -0.198. The van der Waals surface area contributed by atoms with E-state index in [0.29, 0.717) is 222 Å². The van der Waals surface area contributed by atoms with Crippen LogP contribution in [0.25, 0.3) is 0 Å². The molecule has 0 aromatic rings. The molecule has 0 aliphatic carbocycles. The van der Waals surface area contributed by atoms with E-state index in [1.807, 2.05) is 0 Å². The molecule has 3 aliphatic heterocycles. The van der Waals surface area contributed by atoms with Crippen molar-refractivity contribution in [2.75, 3.05) is 225 Å². The van der Waals surface area contributed by atoms with Crippen LogP contribution in [0.2, 0.25) is 0 Å². The van der Waals surface area contributed by atoms with E-state index in [0.717, 1.165) is 9.80 Å². The molecule has 0 aromatic heterocycles. The van der Waals surface area contributed by atoms with Crippen LogP contribution in [0.5, 0.6) is 0 Å². The van der Waals surface area contributed by atoms with Crippen LogP contribution in [-0.2, 0) is 129 Å². The number of hydrogen-bond acceptors (Lipinski definition) is 27. The normalized spacial score (nSPS) is 13.9. The van der Waals surface area contributed by atoms with Gasteiger partial charge in [0.15, 0.2) is 0 Å². The van der Waals surface area contributed by atoms with Gasteiger partial charge >= 0.3 is 11.9 Å². The molecule has 31 heteroatoms. The molecule has 3 aliphatic rings. The van der Waals surface area contributed by atoms with Gasteiger partial charge < -0.3 is 85.7 Å². The Morgan fingerprint density at radius 3 is 0.775 bits per heavy atom. The molecule has 0 aromatic carbocycles. The Morgan fingerprint density at radius 1 is 0.303 bits per heavy atom. The molecule has 0 atom stereocenters. The van der Waals surface area contributed by atoms with Gasteiger partial charge in [-0.1, -0.05) is 0 Å². The molecule has 1 N–H and O–H groups in total. The summed E-state index contributed by atoms with van der Waals surface area (Å²) in [4.78, 5) is 121. The molecule has 0 bridgehead atoms. The Labute approximate surface area is 519 Å². The highest BCUT2D eigenvalue weighted by Crippen LogP contribution is 2.13. The van der Waals surface area contributed by atoms with Crippen molar-refractivity contribution in [2.24, 2.45) is 0 Å². The molecular weight excluding hydrogens is 1190 g/mol. The summed E-state index contributed by atoms with van der Waals surface area (Å²) in [6.07, 6.45) is 6.97. The molecule has 3 heterocycles. The molecule has 508 valence electrons. The van der Waals surface area contributed by atoms with Crippen molar-refractivity contribution in [2.45, 2.75) is 64.2 Å². The second-order valence-corrected chi connectivity index (χ2v) is 18.8. The van der Waals surface area contributed by atoms with Crippen LogP contribution in [0, 0.1) is 0 Å². The zero-order chi connectivity index (χ0) is 64.5. The van der Waals surface area contributed by atoms with Crippen LogP contribution in [0.3, 0.4) is 0 Å². The smallest absolute Gasteiger partial charge is 0.335 e. The predicted molar refractivity (Wildman–Crippen MR) is 307 cm³/mol. The van der Waals surface area contributed by atoms with Crippen LogP contribution < -0.4 is 0 Å². The van der Waals surface area contributed by atoms with Crippen LogP contribution >= 0.6 is 0 Å². The second kappa shape index (κ2) is 56.5. The van der Waals surface area contributed by atoms with Gasteiger partial charge in [0.1, 0.15) is 11.6 Å². The summed E-state index contributed by atoms with van der Waals surface area (Å²) in [6, 6.07) is 0. The van der Waals surface area contributed by atoms with Crippen LogP contribution in [0.15, 0.2) is 24.3 Å². The molecule has 31 nitrogen and oxygen atoms in total. The van der Waals surface area contributed by atoms with Crippen LogP contribution in [-0.4, -0.2) is 303 Å². The van der Waals surface area contributed by atoms with E-state index in [1.165, 1.54) is 24.3 Å².